The molecule has 0 bridgehead atoms. The highest BCUT2D eigenvalue weighted by Crippen LogP contribution is 2.32. The van der Waals surface area contributed by atoms with E-state index in [0.717, 1.165) is 16.8 Å². The van der Waals surface area contributed by atoms with Gasteiger partial charge in [-0.3, -0.25) is 9.78 Å². The number of nitrogens with zero attached hydrogens (tertiary/aromatic N) is 2. The molecule has 1 aliphatic heterocycles. The minimum Gasteiger partial charge on any atom is -0.385 e. The fourth-order valence-electron chi connectivity index (χ4n) is 4.49. The van der Waals surface area contributed by atoms with Crippen LogP contribution < -0.4 is 5.32 Å². The van der Waals surface area contributed by atoms with E-state index in [4.69, 9.17) is 4.84 Å². The number of carbonyl (C=O) groups is 1. The fourth-order valence-corrected chi connectivity index (χ4v) is 4.49. The van der Waals surface area contributed by atoms with Crippen LogP contribution in [0, 0.1) is 12.7 Å². The first kappa shape index (κ1) is 24.4. The first-order valence-corrected chi connectivity index (χ1v) is 12.2. The van der Waals surface area contributed by atoms with Gasteiger partial charge in [0.25, 0.3) is 5.91 Å². The summed E-state index contributed by atoms with van der Waals surface area (Å²) in [6.45, 7) is 5.75. The highest BCUT2D eigenvalue weighted by Gasteiger charge is 2.27. The predicted molar refractivity (Wildman–Crippen MR) is 143 cm³/mol. The number of halogens is 1. The number of aromatic nitrogens is 1. The Morgan fingerprint density at radius 2 is 1.73 bits per heavy atom. The smallest absolute Gasteiger partial charge is 0.251 e. The minimum absolute atomic E-state index is 0.259. The van der Waals surface area contributed by atoms with E-state index < -0.39 is 5.54 Å². The van der Waals surface area contributed by atoms with E-state index in [2.05, 4.69) is 15.5 Å². The van der Waals surface area contributed by atoms with Crippen LogP contribution in [-0.2, 0) is 10.4 Å². The molecule has 186 valence electrons. The third-order valence-electron chi connectivity index (χ3n) is 6.57. The third kappa shape index (κ3) is 5.28. The lowest BCUT2D eigenvalue weighted by atomic mass is 9.92. The first-order valence-electron chi connectivity index (χ1n) is 12.2. The molecule has 5 rings (SSSR count). The second-order valence-electron chi connectivity index (χ2n) is 9.82. The monoisotopic (exact) mass is 493 g/mol. The van der Waals surface area contributed by atoms with Gasteiger partial charge in [-0.2, -0.15) is 0 Å². The van der Waals surface area contributed by atoms with E-state index in [-0.39, 0.29) is 17.8 Å². The molecule has 1 unspecified atom stereocenters. The maximum absolute atomic E-state index is 15.0. The number of pyridine rings is 1. The molecule has 3 aromatic carbocycles. The minimum atomic E-state index is -0.609. The zero-order valence-electron chi connectivity index (χ0n) is 21.0. The quantitative estimate of drug-likeness (QED) is 0.324. The summed E-state index contributed by atoms with van der Waals surface area (Å²) in [7, 11) is 0. The molecule has 1 atom stereocenters. The van der Waals surface area contributed by atoms with Crippen LogP contribution in [-0.4, -0.2) is 16.6 Å². The summed E-state index contributed by atoms with van der Waals surface area (Å²) in [4.78, 5) is 23.6. The Hall–Kier alpha value is -4.32. The predicted octanol–water partition coefficient (Wildman–Crippen LogP) is 6.73. The van der Waals surface area contributed by atoms with Crippen LogP contribution in [0.2, 0.25) is 0 Å². The van der Waals surface area contributed by atoms with Crippen LogP contribution in [0.4, 0.5) is 4.39 Å². The molecule has 0 radical (unpaired) electrons. The average molecular weight is 494 g/mol. The molecule has 6 heteroatoms. The molecular formula is C31H28FN3O2. The molecular weight excluding hydrogens is 465 g/mol. The molecule has 0 aliphatic carbocycles. The number of nitrogens with one attached hydrogen (secondary N) is 1. The van der Waals surface area contributed by atoms with E-state index in [0.29, 0.717) is 34.4 Å². The van der Waals surface area contributed by atoms with E-state index in [1.165, 1.54) is 6.07 Å². The molecule has 1 aromatic heterocycles. The summed E-state index contributed by atoms with van der Waals surface area (Å²) >= 11 is 0. The van der Waals surface area contributed by atoms with Crippen LogP contribution in [0.5, 0.6) is 0 Å². The summed E-state index contributed by atoms with van der Waals surface area (Å²) in [5.41, 5.74) is 4.81. The van der Waals surface area contributed by atoms with E-state index in [9.17, 15) is 9.18 Å². The lowest BCUT2D eigenvalue weighted by molar-refractivity contribution is 0.0826. The van der Waals surface area contributed by atoms with Crippen molar-refractivity contribution < 1.29 is 14.0 Å². The summed E-state index contributed by atoms with van der Waals surface area (Å²) in [6, 6.07) is 25.9. The molecule has 1 N–H and O–H groups in total. The molecule has 0 spiro atoms. The topological polar surface area (TPSA) is 63.6 Å². The summed E-state index contributed by atoms with van der Waals surface area (Å²) in [5, 5.41) is 7.44. The van der Waals surface area contributed by atoms with Crippen molar-refractivity contribution in [3.63, 3.8) is 0 Å². The number of hydrogen-bond donors (Lipinski definition) is 1. The number of amides is 1. The van der Waals surface area contributed by atoms with Gasteiger partial charge in [0, 0.05) is 29.3 Å². The normalized spacial score (nSPS) is 15.1. The molecule has 5 nitrogen and oxygen atoms in total. The van der Waals surface area contributed by atoms with Gasteiger partial charge in [0.1, 0.15) is 5.82 Å². The number of rotatable bonds is 6. The number of benzene rings is 3. The van der Waals surface area contributed by atoms with Gasteiger partial charge < -0.3 is 10.2 Å². The van der Waals surface area contributed by atoms with Crippen molar-refractivity contribution in [3.05, 3.63) is 125 Å². The Balaban J connectivity index is 1.51. The van der Waals surface area contributed by atoms with Crippen molar-refractivity contribution in [2.75, 3.05) is 0 Å². The zero-order chi connectivity index (χ0) is 26.0. The van der Waals surface area contributed by atoms with Gasteiger partial charge in [0.15, 0.2) is 6.10 Å². The van der Waals surface area contributed by atoms with Crippen LogP contribution in [0.1, 0.15) is 59.1 Å². The van der Waals surface area contributed by atoms with Crippen molar-refractivity contribution in [1.29, 1.82) is 0 Å². The lowest BCUT2D eigenvalue weighted by Crippen LogP contribution is -2.41. The van der Waals surface area contributed by atoms with Crippen LogP contribution >= 0.6 is 0 Å². The highest BCUT2D eigenvalue weighted by atomic mass is 19.1. The van der Waals surface area contributed by atoms with Crippen molar-refractivity contribution in [1.82, 2.24) is 10.3 Å². The molecule has 37 heavy (non-hydrogen) atoms. The largest absolute Gasteiger partial charge is 0.385 e. The van der Waals surface area contributed by atoms with Crippen molar-refractivity contribution >= 4 is 11.6 Å². The number of hydrogen-bond acceptors (Lipinski definition) is 4. The number of aryl methyl sites for hydroxylation is 1. The second-order valence-corrected chi connectivity index (χ2v) is 9.82. The average Bonchev–Trinajstić information content (AvgIpc) is 3.40. The Morgan fingerprint density at radius 3 is 2.46 bits per heavy atom. The van der Waals surface area contributed by atoms with Gasteiger partial charge in [-0.1, -0.05) is 53.7 Å². The van der Waals surface area contributed by atoms with Crippen LogP contribution in [0.25, 0.3) is 11.1 Å². The number of carbonyl (C=O) groups excluding carboxylic acids is 1. The third-order valence-corrected chi connectivity index (χ3v) is 6.57. The van der Waals surface area contributed by atoms with Crippen LogP contribution in [0.15, 0.2) is 96.3 Å². The summed E-state index contributed by atoms with van der Waals surface area (Å²) < 4.78 is 15.0. The summed E-state index contributed by atoms with van der Waals surface area (Å²) in [6.07, 6.45) is 1.90. The van der Waals surface area contributed by atoms with E-state index in [1.807, 2.05) is 81.4 Å². The molecule has 0 saturated heterocycles. The Bertz CT molecular complexity index is 1470. The van der Waals surface area contributed by atoms with Gasteiger partial charge in [-0.05, 0) is 73.9 Å². The van der Waals surface area contributed by atoms with Crippen molar-refractivity contribution in [3.8, 4) is 11.1 Å². The molecule has 2 heterocycles. The Kier molecular flexibility index (Phi) is 6.57. The van der Waals surface area contributed by atoms with Crippen molar-refractivity contribution in [2.45, 2.75) is 38.8 Å². The maximum atomic E-state index is 15.0. The van der Waals surface area contributed by atoms with Crippen LogP contribution in [0.3, 0.4) is 0 Å². The molecule has 0 saturated carbocycles. The van der Waals surface area contributed by atoms with Gasteiger partial charge in [0.2, 0.25) is 0 Å². The van der Waals surface area contributed by atoms with Gasteiger partial charge in [-0.25, -0.2) is 4.39 Å². The SMILES string of the molecule is Cc1ccc(-c2cc(C(=O)NC(C)(C)c3ccccc3)cc(C3=NOC(c4ccccn4)C3)c2)c(F)c1. The Morgan fingerprint density at radius 1 is 0.973 bits per heavy atom. The number of oxime groups is 1. The molecule has 1 aliphatic rings. The molecule has 1 amide bonds. The first-order chi connectivity index (χ1) is 17.8. The molecule has 0 fully saturated rings. The second kappa shape index (κ2) is 9.97. The standard InChI is InChI=1S/C31H28FN3O2/c1-20-12-13-25(26(32)15-20)21-16-22(28-19-29(37-35-28)27-11-7-8-14-33-27)18-23(17-21)30(36)34-31(2,3)24-9-5-4-6-10-24/h4-18,29H,19H2,1-3H3,(H,34,36). The highest BCUT2D eigenvalue weighted by molar-refractivity contribution is 6.05. The zero-order valence-corrected chi connectivity index (χ0v) is 21.0. The Labute approximate surface area is 216 Å². The summed E-state index contributed by atoms with van der Waals surface area (Å²) in [5.74, 6) is -0.602. The van der Waals surface area contributed by atoms with Gasteiger partial charge >= 0.3 is 0 Å². The maximum Gasteiger partial charge on any atom is 0.251 e. The van der Waals surface area contributed by atoms with Gasteiger partial charge in [0.05, 0.1) is 16.9 Å². The van der Waals surface area contributed by atoms with Gasteiger partial charge in [-0.15, -0.1) is 0 Å². The van der Waals surface area contributed by atoms with E-state index in [1.54, 1.807) is 24.4 Å². The van der Waals surface area contributed by atoms with E-state index >= 15 is 0 Å². The fraction of sp³-hybridized carbons (Fsp3) is 0.194. The molecule has 4 aromatic rings. The van der Waals surface area contributed by atoms with Crippen molar-refractivity contribution in [2.24, 2.45) is 5.16 Å². The lowest BCUT2D eigenvalue weighted by Gasteiger charge is -2.27.